The van der Waals surface area contributed by atoms with Crippen LogP contribution in [0.15, 0.2) is 0 Å². The van der Waals surface area contributed by atoms with Crippen molar-refractivity contribution in [2.45, 2.75) is 16.9 Å². The fraction of sp³-hybridized carbons (Fsp3) is 0.667. The Balaban J connectivity index is 3.13. The molecule has 0 bridgehead atoms. The van der Waals surface area contributed by atoms with Gasteiger partial charge < -0.3 is 10.2 Å². The van der Waals surface area contributed by atoms with Gasteiger partial charge in [-0.1, -0.05) is 40.0 Å². The van der Waals surface area contributed by atoms with Crippen LogP contribution in [-0.2, 0) is 16.9 Å². The molecule has 0 spiro atoms. The molecule has 1 aromatic heterocycles. The van der Waals surface area contributed by atoms with Gasteiger partial charge in [0.2, 0.25) is 3.79 Å². The zero-order valence-electron chi connectivity index (χ0n) is 6.99. The predicted molar refractivity (Wildman–Crippen MR) is 52.3 cm³/mol. The molecule has 0 aliphatic carbocycles. The first-order valence-corrected chi connectivity index (χ1v) is 4.85. The number of aliphatic hydroxyl groups is 2. The van der Waals surface area contributed by atoms with Crippen molar-refractivity contribution in [1.29, 1.82) is 0 Å². The van der Waals surface area contributed by atoms with Crippen molar-refractivity contribution in [3.8, 4) is 0 Å². The van der Waals surface area contributed by atoms with Gasteiger partial charge in [0, 0.05) is 0 Å². The maximum Gasteiger partial charge on any atom is 0.234 e. The third-order valence-electron chi connectivity index (χ3n) is 1.53. The van der Waals surface area contributed by atoms with E-state index in [1.807, 2.05) is 0 Å². The molecule has 2 N–H and O–H groups in total. The molecule has 1 aromatic rings. The van der Waals surface area contributed by atoms with Crippen LogP contribution in [0.4, 0.5) is 0 Å². The number of rotatable bonds is 3. The van der Waals surface area contributed by atoms with E-state index in [0.29, 0.717) is 0 Å². The summed E-state index contributed by atoms with van der Waals surface area (Å²) < 4.78 is -0.463. The number of hydrogen-bond acceptors (Lipinski definition) is 4. The second kappa shape index (κ2) is 4.63. The lowest BCUT2D eigenvalue weighted by Crippen LogP contribution is -2.15. The molecule has 0 aliphatic rings. The lowest BCUT2D eigenvalue weighted by atomic mass is 10.3. The summed E-state index contributed by atoms with van der Waals surface area (Å²) in [5, 5.41) is 24.9. The summed E-state index contributed by atoms with van der Waals surface area (Å²) in [5.41, 5.74) is 0.373. The van der Waals surface area contributed by atoms with Gasteiger partial charge in [-0.05, 0) is 0 Å². The Morgan fingerprint density at radius 1 is 1.29 bits per heavy atom. The van der Waals surface area contributed by atoms with Crippen LogP contribution in [0.3, 0.4) is 0 Å². The van der Waals surface area contributed by atoms with Crippen molar-refractivity contribution in [3.63, 3.8) is 0 Å². The van der Waals surface area contributed by atoms with Crippen LogP contribution in [0.1, 0.15) is 11.4 Å². The van der Waals surface area contributed by atoms with Crippen LogP contribution in [0.25, 0.3) is 0 Å². The van der Waals surface area contributed by atoms with E-state index >= 15 is 0 Å². The van der Waals surface area contributed by atoms with E-state index < -0.39 is 3.79 Å². The Hall–Kier alpha value is -0.0700. The molecular weight excluding hydrogens is 252 g/mol. The quantitative estimate of drug-likeness (QED) is 0.780. The number of nitrogens with zero attached hydrogens (tertiary/aromatic N) is 3. The molecule has 0 atom stereocenters. The topological polar surface area (TPSA) is 71.2 Å². The maximum absolute atomic E-state index is 8.91. The third kappa shape index (κ3) is 2.49. The lowest BCUT2D eigenvalue weighted by Gasteiger charge is -2.13. The van der Waals surface area contributed by atoms with E-state index in [4.69, 9.17) is 45.0 Å². The molecule has 0 fully saturated rings. The molecule has 8 heteroatoms. The highest BCUT2D eigenvalue weighted by molar-refractivity contribution is 6.66. The molecular formula is C6H8Cl3N3O2. The van der Waals surface area contributed by atoms with E-state index in [9.17, 15) is 0 Å². The smallest absolute Gasteiger partial charge is 0.234 e. The minimum Gasteiger partial charge on any atom is -0.394 e. The number of alkyl halides is 3. The molecule has 0 radical (unpaired) electrons. The normalized spacial score (nSPS) is 12.1. The van der Waals surface area contributed by atoms with Crippen LogP contribution in [0.5, 0.6) is 0 Å². The van der Waals surface area contributed by atoms with E-state index in [0.717, 1.165) is 0 Å². The van der Waals surface area contributed by atoms with E-state index in [1.54, 1.807) is 0 Å². The number of halogens is 3. The van der Waals surface area contributed by atoms with Crippen molar-refractivity contribution in [1.82, 2.24) is 15.0 Å². The van der Waals surface area contributed by atoms with Gasteiger partial charge in [0.25, 0.3) is 0 Å². The van der Waals surface area contributed by atoms with Crippen LogP contribution in [0.2, 0.25) is 0 Å². The fourth-order valence-corrected chi connectivity index (χ4v) is 1.64. The highest BCUT2D eigenvalue weighted by Crippen LogP contribution is 2.39. The van der Waals surface area contributed by atoms with Crippen LogP contribution < -0.4 is 0 Å². The largest absolute Gasteiger partial charge is 0.394 e. The van der Waals surface area contributed by atoms with Crippen molar-refractivity contribution >= 4 is 34.8 Å². The number of hydrogen-bond donors (Lipinski definition) is 2. The van der Waals surface area contributed by atoms with Gasteiger partial charge >= 0.3 is 0 Å². The Labute approximate surface area is 95.2 Å². The van der Waals surface area contributed by atoms with Crippen molar-refractivity contribution < 1.29 is 10.2 Å². The third-order valence-corrected chi connectivity index (χ3v) is 2.07. The Bertz CT molecular complexity index is 310. The first-order chi connectivity index (χ1) is 6.50. The lowest BCUT2D eigenvalue weighted by molar-refractivity contribution is 0.265. The van der Waals surface area contributed by atoms with Crippen molar-refractivity contribution in [3.05, 3.63) is 11.4 Å². The van der Waals surface area contributed by atoms with E-state index in [-0.39, 0.29) is 31.1 Å². The van der Waals surface area contributed by atoms with Crippen LogP contribution in [-0.4, -0.2) is 31.8 Å². The van der Waals surface area contributed by atoms with E-state index in [2.05, 4.69) is 10.3 Å². The highest BCUT2D eigenvalue weighted by Gasteiger charge is 2.32. The minimum atomic E-state index is -1.71. The van der Waals surface area contributed by atoms with Crippen LogP contribution >= 0.6 is 34.8 Å². The van der Waals surface area contributed by atoms with Gasteiger partial charge in [0.15, 0.2) is 0 Å². The first-order valence-electron chi connectivity index (χ1n) is 3.72. The van der Waals surface area contributed by atoms with Gasteiger partial charge in [0.05, 0.1) is 19.8 Å². The van der Waals surface area contributed by atoms with Gasteiger partial charge in [-0.15, -0.1) is 5.10 Å². The number of aromatic nitrogens is 3. The summed E-state index contributed by atoms with van der Waals surface area (Å²) in [5.74, 6) is 0. The molecule has 0 saturated carbocycles. The highest BCUT2D eigenvalue weighted by atomic mass is 35.6. The fourth-order valence-electron chi connectivity index (χ4n) is 1.02. The maximum atomic E-state index is 8.91. The van der Waals surface area contributed by atoms with Crippen LogP contribution in [0, 0.1) is 0 Å². The molecule has 0 saturated heterocycles. The summed E-state index contributed by atoms with van der Waals surface area (Å²) in [4.78, 5) is 0. The SMILES string of the molecule is OCCn1nnc(CO)c1C(Cl)(Cl)Cl. The Kier molecular flexibility index (Phi) is 3.97. The molecule has 0 aromatic carbocycles. The molecule has 0 amide bonds. The zero-order chi connectivity index (χ0) is 10.8. The second-order valence-electron chi connectivity index (χ2n) is 2.49. The molecule has 1 heterocycles. The standard InChI is InChI=1S/C6H8Cl3N3O2/c7-6(8,9)5-4(3-14)10-11-12(5)1-2-13/h13-14H,1-3H2. The summed E-state index contributed by atoms with van der Waals surface area (Å²) in [7, 11) is 0. The minimum absolute atomic E-state index is 0.151. The molecule has 1 rings (SSSR count). The predicted octanol–water partition coefficient (Wildman–Crippen LogP) is 0.589. The van der Waals surface area contributed by atoms with Crippen molar-refractivity contribution in [2.75, 3.05) is 6.61 Å². The van der Waals surface area contributed by atoms with E-state index in [1.165, 1.54) is 4.68 Å². The monoisotopic (exact) mass is 259 g/mol. The number of aliphatic hydroxyl groups excluding tert-OH is 2. The second-order valence-corrected chi connectivity index (χ2v) is 4.77. The summed E-state index contributed by atoms with van der Waals surface area (Å²) >= 11 is 17.0. The van der Waals surface area contributed by atoms with Gasteiger partial charge in [-0.25, -0.2) is 4.68 Å². The average Bonchev–Trinajstić information content (AvgIpc) is 2.47. The van der Waals surface area contributed by atoms with Gasteiger partial charge in [0.1, 0.15) is 11.4 Å². The average molecular weight is 261 g/mol. The Morgan fingerprint density at radius 2 is 1.93 bits per heavy atom. The molecule has 14 heavy (non-hydrogen) atoms. The van der Waals surface area contributed by atoms with Gasteiger partial charge in [-0.3, -0.25) is 0 Å². The zero-order valence-corrected chi connectivity index (χ0v) is 9.26. The van der Waals surface area contributed by atoms with Gasteiger partial charge in [-0.2, -0.15) is 0 Å². The summed E-state index contributed by atoms with van der Waals surface area (Å²) in [6.07, 6.45) is 0. The van der Waals surface area contributed by atoms with Crippen molar-refractivity contribution in [2.24, 2.45) is 0 Å². The summed E-state index contributed by atoms with van der Waals surface area (Å²) in [6.45, 7) is -0.354. The first kappa shape index (κ1) is 12.0. The molecule has 5 nitrogen and oxygen atoms in total. The summed E-state index contributed by atoms with van der Waals surface area (Å²) in [6, 6.07) is 0. The molecule has 80 valence electrons. The molecule has 0 aliphatic heterocycles. The Morgan fingerprint density at radius 3 is 2.36 bits per heavy atom. The molecule has 0 unspecified atom stereocenters.